The fourth-order valence-corrected chi connectivity index (χ4v) is 6.81. The van der Waals surface area contributed by atoms with E-state index in [4.69, 9.17) is 33.1 Å². The highest BCUT2D eigenvalue weighted by molar-refractivity contribution is 8.00. The highest BCUT2D eigenvalue weighted by atomic mass is 32.2. The van der Waals surface area contributed by atoms with E-state index in [1.54, 1.807) is 14.2 Å². The van der Waals surface area contributed by atoms with Crippen molar-refractivity contribution in [2.24, 2.45) is 0 Å². The summed E-state index contributed by atoms with van der Waals surface area (Å²) in [5, 5.41) is 21.5. The van der Waals surface area contributed by atoms with Crippen LogP contribution in [0.15, 0.2) is 0 Å². The van der Waals surface area contributed by atoms with Gasteiger partial charge in [0.15, 0.2) is 0 Å². The first-order chi connectivity index (χ1) is 14.2. The molecule has 3 N–H and O–H groups in total. The summed E-state index contributed by atoms with van der Waals surface area (Å²) in [5.74, 6) is 2.43. The summed E-state index contributed by atoms with van der Waals surface area (Å²) in [7, 11) is -1.01. The molecule has 0 saturated carbocycles. The predicted octanol–water partition coefficient (Wildman–Crippen LogP) is 4.13. The maximum absolute atomic E-state index is 7.17. The molecule has 3 unspecified atom stereocenters. The van der Waals surface area contributed by atoms with Crippen LogP contribution in [-0.2, 0) is 18.0 Å². The normalized spacial score (nSPS) is 19.6. The Balaban J connectivity index is 0. The Morgan fingerprint density at radius 3 is 1.67 bits per heavy atom. The SMILES string of the molecule is CCCSC(CC)OC(CC)SCCC.CO[Si]1(OC)CCCC(C)O1.OB(O)O. The third-order valence-corrected chi connectivity index (χ3v) is 9.97. The topological polar surface area (TPSA) is 97.6 Å². The molecule has 1 rings (SSSR count). The Morgan fingerprint density at radius 1 is 0.967 bits per heavy atom. The summed E-state index contributed by atoms with van der Waals surface area (Å²) in [4.78, 5) is 0. The largest absolute Gasteiger partial charge is 0.631 e. The zero-order valence-corrected chi connectivity index (χ0v) is 22.6. The Morgan fingerprint density at radius 2 is 1.40 bits per heavy atom. The van der Waals surface area contributed by atoms with Crippen LogP contribution in [0.2, 0.25) is 6.04 Å². The lowest BCUT2D eigenvalue weighted by Crippen LogP contribution is -2.48. The molecule has 7 nitrogen and oxygen atoms in total. The fourth-order valence-electron chi connectivity index (χ4n) is 2.59. The van der Waals surface area contributed by atoms with Crippen LogP contribution >= 0.6 is 23.5 Å². The van der Waals surface area contributed by atoms with Gasteiger partial charge in [-0.1, -0.05) is 27.7 Å². The molecule has 30 heavy (non-hydrogen) atoms. The highest BCUT2D eigenvalue weighted by Crippen LogP contribution is 2.27. The summed E-state index contributed by atoms with van der Waals surface area (Å²) < 4.78 is 22.3. The van der Waals surface area contributed by atoms with Crippen molar-refractivity contribution < 1.29 is 33.1 Å². The van der Waals surface area contributed by atoms with Crippen LogP contribution in [0.25, 0.3) is 0 Å². The van der Waals surface area contributed by atoms with Crippen LogP contribution in [0.4, 0.5) is 0 Å². The van der Waals surface area contributed by atoms with E-state index in [-0.39, 0.29) is 0 Å². The van der Waals surface area contributed by atoms with E-state index < -0.39 is 16.1 Å². The molecule has 0 bridgehead atoms. The van der Waals surface area contributed by atoms with Crippen molar-refractivity contribution in [2.45, 2.75) is 96.2 Å². The molecule has 1 fully saturated rings. The number of hydrogen-bond donors (Lipinski definition) is 3. The minimum absolute atomic E-state index is 0.301. The van der Waals surface area contributed by atoms with Gasteiger partial charge >= 0.3 is 16.1 Å². The maximum Gasteiger partial charge on any atom is 0.631 e. The fraction of sp³-hybridized carbons (Fsp3) is 1.00. The second-order valence-electron chi connectivity index (χ2n) is 6.81. The van der Waals surface area contributed by atoms with E-state index in [0.29, 0.717) is 17.0 Å². The van der Waals surface area contributed by atoms with E-state index >= 15 is 0 Å². The van der Waals surface area contributed by atoms with E-state index in [9.17, 15) is 0 Å². The third kappa shape index (κ3) is 18.3. The molecule has 1 saturated heterocycles. The Kier molecular flexibility index (Phi) is 23.6. The third-order valence-electron chi connectivity index (χ3n) is 4.08. The number of ether oxygens (including phenoxy) is 1. The molecule has 3 atom stereocenters. The maximum atomic E-state index is 7.17. The quantitative estimate of drug-likeness (QED) is 0.277. The van der Waals surface area contributed by atoms with Gasteiger partial charge in [-0.3, -0.25) is 0 Å². The van der Waals surface area contributed by atoms with Crippen LogP contribution in [0.1, 0.15) is 73.1 Å². The van der Waals surface area contributed by atoms with Crippen molar-refractivity contribution in [3.8, 4) is 0 Å². The van der Waals surface area contributed by atoms with Crippen molar-refractivity contribution in [3.05, 3.63) is 0 Å². The predicted molar refractivity (Wildman–Crippen MR) is 132 cm³/mol. The molecule has 0 amide bonds. The Labute approximate surface area is 194 Å². The first-order valence-electron chi connectivity index (χ1n) is 10.9. The second kappa shape index (κ2) is 21.5. The summed E-state index contributed by atoms with van der Waals surface area (Å²) in [6.07, 6.45) is 7.31. The van der Waals surface area contributed by atoms with Crippen LogP contribution < -0.4 is 0 Å². The van der Waals surface area contributed by atoms with E-state index in [2.05, 4.69) is 34.6 Å². The number of rotatable bonds is 12. The highest BCUT2D eigenvalue weighted by Gasteiger charge is 2.42. The van der Waals surface area contributed by atoms with Crippen LogP contribution in [0, 0.1) is 0 Å². The monoisotopic (exact) mass is 488 g/mol. The van der Waals surface area contributed by atoms with Crippen molar-refractivity contribution in [1.82, 2.24) is 0 Å². The van der Waals surface area contributed by atoms with Gasteiger partial charge in [-0.2, -0.15) is 0 Å². The van der Waals surface area contributed by atoms with Crippen molar-refractivity contribution in [2.75, 3.05) is 25.7 Å². The Hall–Kier alpha value is 0.702. The minimum atomic E-state index is -2.19. The van der Waals surface area contributed by atoms with Crippen molar-refractivity contribution in [1.29, 1.82) is 0 Å². The van der Waals surface area contributed by atoms with Gasteiger partial charge in [0.25, 0.3) is 0 Å². The van der Waals surface area contributed by atoms with Gasteiger partial charge in [-0.05, 0) is 57.0 Å². The first kappa shape index (κ1) is 32.9. The number of hydrogen-bond acceptors (Lipinski definition) is 9. The van der Waals surface area contributed by atoms with E-state index in [1.807, 2.05) is 23.5 Å². The number of thioether (sulfide) groups is 2. The molecule has 1 aliphatic heterocycles. The minimum Gasteiger partial charge on any atom is -0.402 e. The van der Waals surface area contributed by atoms with Gasteiger partial charge in [0.1, 0.15) is 10.9 Å². The summed E-state index contributed by atoms with van der Waals surface area (Å²) in [6.45, 7) is 10.9. The molecule has 0 radical (unpaired) electrons. The van der Waals surface area contributed by atoms with Crippen molar-refractivity contribution in [3.63, 3.8) is 0 Å². The molecule has 0 aliphatic carbocycles. The Bertz CT molecular complexity index is 353. The second-order valence-corrected chi connectivity index (χ2v) is 12.3. The lowest BCUT2D eigenvalue weighted by Gasteiger charge is -2.33. The molecule has 11 heteroatoms. The average molecular weight is 489 g/mol. The molecular weight excluding hydrogens is 443 g/mol. The summed E-state index contributed by atoms with van der Waals surface area (Å²) in [5.41, 5.74) is 0.804. The van der Waals surface area contributed by atoms with Crippen LogP contribution in [0.5, 0.6) is 0 Å². The molecule has 1 aliphatic rings. The first-order valence-corrected chi connectivity index (χ1v) is 15.0. The molecule has 0 spiro atoms. The standard InChI is InChI=1S/C12H26OS2.C7H16O3Si.BH3O3/c1-5-9-14-11(7-3)13-12(8-4)15-10-6-2;1-7-5-4-6-11(8-2,9-3)10-7;2-1(3)4/h11-12H,5-10H2,1-4H3;7H,4-6H2,1-3H3;2-4H. The van der Waals surface area contributed by atoms with Gasteiger partial charge in [0.2, 0.25) is 0 Å². The molecule has 0 aromatic heterocycles. The van der Waals surface area contributed by atoms with Gasteiger partial charge in [-0.25, -0.2) is 0 Å². The molecule has 182 valence electrons. The lowest BCUT2D eigenvalue weighted by molar-refractivity contribution is 0.0419. The van der Waals surface area contributed by atoms with Gasteiger partial charge in [-0.15, -0.1) is 23.5 Å². The van der Waals surface area contributed by atoms with Crippen molar-refractivity contribution >= 4 is 39.6 Å². The molecule has 0 aromatic carbocycles. The summed E-state index contributed by atoms with van der Waals surface area (Å²) in [6, 6.07) is 0.963. The lowest BCUT2D eigenvalue weighted by atomic mass is 10.2. The zero-order chi connectivity index (χ0) is 23.4. The van der Waals surface area contributed by atoms with Crippen LogP contribution in [-0.4, -0.2) is 73.9 Å². The average Bonchev–Trinajstić information content (AvgIpc) is 2.73. The summed E-state index contributed by atoms with van der Waals surface area (Å²) >= 11 is 3.93. The van der Waals surface area contributed by atoms with E-state index in [0.717, 1.165) is 31.7 Å². The van der Waals surface area contributed by atoms with E-state index in [1.165, 1.54) is 24.3 Å². The molecule has 0 aromatic rings. The smallest absolute Gasteiger partial charge is 0.402 e. The molecule has 1 heterocycles. The van der Waals surface area contributed by atoms with Gasteiger partial charge < -0.3 is 33.1 Å². The zero-order valence-electron chi connectivity index (χ0n) is 20.0. The van der Waals surface area contributed by atoms with Gasteiger partial charge in [0, 0.05) is 26.4 Å². The molecular formula is C19H45BO7S2Si. The van der Waals surface area contributed by atoms with Gasteiger partial charge in [0.05, 0.1) is 0 Å². The van der Waals surface area contributed by atoms with Crippen LogP contribution in [0.3, 0.4) is 0 Å².